The van der Waals surface area contributed by atoms with Crippen LogP contribution in [0.15, 0.2) is 18.2 Å². The molecule has 1 aromatic carbocycles. The molecule has 0 bridgehead atoms. The van der Waals surface area contributed by atoms with Crippen molar-refractivity contribution in [1.82, 2.24) is 0 Å². The molecular formula is C17H24ClNO. The Bertz CT molecular complexity index is 425. The molecule has 0 unspecified atom stereocenters. The van der Waals surface area contributed by atoms with E-state index in [-0.39, 0.29) is 0 Å². The van der Waals surface area contributed by atoms with Crippen molar-refractivity contribution in [3.8, 4) is 11.8 Å². The Balaban J connectivity index is 2.08. The first-order valence-electron chi connectivity index (χ1n) is 7.60. The smallest absolute Gasteiger partial charge is 0.137 e. The molecule has 20 heavy (non-hydrogen) atoms. The molecule has 1 rings (SSSR count). The Morgan fingerprint density at radius 1 is 1.05 bits per heavy atom. The summed E-state index contributed by atoms with van der Waals surface area (Å²) in [5.41, 5.74) is 0.564. The van der Waals surface area contributed by atoms with E-state index in [4.69, 9.17) is 21.6 Å². The number of hydrogen-bond acceptors (Lipinski definition) is 2. The first-order valence-corrected chi connectivity index (χ1v) is 7.98. The van der Waals surface area contributed by atoms with Crippen molar-refractivity contribution < 1.29 is 4.74 Å². The molecule has 0 fully saturated rings. The highest BCUT2D eigenvalue weighted by atomic mass is 35.5. The lowest BCUT2D eigenvalue weighted by Gasteiger charge is -2.08. The first-order chi connectivity index (χ1) is 9.77. The van der Waals surface area contributed by atoms with Gasteiger partial charge in [-0.25, -0.2) is 0 Å². The Kier molecular flexibility index (Phi) is 8.91. The van der Waals surface area contributed by atoms with Gasteiger partial charge in [0.1, 0.15) is 5.75 Å². The maximum atomic E-state index is 8.75. The molecular weight excluding hydrogens is 270 g/mol. The quantitative estimate of drug-likeness (QED) is 0.516. The number of rotatable bonds is 10. The molecule has 1 aromatic rings. The van der Waals surface area contributed by atoms with Gasteiger partial charge in [0, 0.05) is 0 Å². The van der Waals surface area contributed by atoms with Gasteiger partial charge in [-0.2, -0.15) is 5.26 Å². The summed E-state index contributed by atoms with van der Waals surface area (Å²) < 4.78 is 5.64. The molecule has 2 nitrogen and oxygen atoms in total. The van der Waals surface area contributed by atoms with Crippen LogP contribution in [0.3, 0.4) is 0 Å². The first kappa shape index (κ1) is 16.9. The molecule has 0 aliphatic carbocycles. The summed E-state index contributed by atoms with van der Waals surface area (Å²) in [5.74, 6) is 0.675. The lowest BCUT2D eigenvalue weighted by atomic mass is 10.1. The van der Waals surface area contributed by atoms with Gasteiger partial charge in [0.05, 0.1) is 23.3 Å². The van der Waals surface area contributed by atoms with E-state index in [1.54, 1.807) is 18.2 Å². The van der Waals surface area contributed by atoms with Gasteiger partial charge in [-0.05, 0) is 24.6 Å². The molecule has 0 aliphatic rings. The van der Waals surface area contributed by atoms with Gasteiger partial charge >= 0.3 is 0 Å². The minimum absolute atomic E-state index is 0.517. The number of halogens is 1. The molecule has 0 saturated carbocycles. The highest BCUT2D eigenvalue weighted by Crippen LogP contribution is 2.25. The largest absolute Gasteiger partial charge is 0.492 e. The summed E-state index contributed by atoms with van der Waals surface area (Å²) >= 11 is 6.04. The Labute approximate surface area is 127 Å². The van der Waals surface area contributed by atoms with Crippen LogP contribution in [-0.2, 0) is 0 Å². The van der Waals surface area contributed by atoms with E-state index in [1.807, 2.05) is 0 Å². The van der Waals surface area contributed by atoms with E-state index in [1.165, 1.54) is 44.9 Å². The van der Waals surface area contributed by atoms with Crippen molar-refractivity contribution in [2.24, 2.45) is 0 Å². The maximum Gasteiger partial charge on any atom is 0.137 e. The average Bonchev–Trinajstić information content (AvgIpc) is 2.47. The second-order valence-electron chi connectivity index (χ2n) is 5.08. The number of unbranched alkanes of at least 4 members (excludes halogenated alkanes) is 7. The molecule has 0 radical (unpaired) electrons. The fourth-order valence-corrected chi connectivity index (χ4v) is 2.34. The fraction of sp³-hybridized carbons (Fsp3) is 0.588. The molecule has 0 N–H and O–H groups in total. The zero-order chi connectivity index (χ0) is 14.6. The van der Waals surface area contributed by atoms with Crippen LogP contribution >= 0.6 is 11.6 Å². The number of nitrogens with zero attached hydrogens (tertiary/aromatic N) is 1. The number of nitriles is 1. The Hall–Kier alpha value is -1.20. The van der Waals surface area contributed by atoms with Crippen LogP contribution in [-0.4, -0.2) is 6.61 Å². The van der Waals surface area contributed by atoms with Gasteiger partial charge in [-0.3, -0.25) is 0 Å². The van der Waals surface area contributed by atoms with Crippen LogP contribution in [0.1, 0.15) is 63.9 Å². The zero-order valence-electron chi connectivity index (χ0n) is 12.3. The van der Waals surface area contributed by atoms with Gasteiger partial charge < -0.3 is 4.74 Å². The van der Waals surface area contributed by atoms with E-state index in [2.05, 4.69) is 13.0 Å². The van der Waals surface area contributed by atoms with E-state index >= 15 is 0 Å². The van der Waals surface area contributed by atoms with Crippen molar-refractivity contribution in [3.05, 3.63) is 28.8 Å². The molecule has 0 atom stereocenters. The van der Waals surface area contributed by atoms with Crippen molar-refractivity contribution in [3.63, 3.8) is 0 Å². The SMILES string of the molecule is CCCCCCCCCCOc1ccc(C#N)cc1Cl. The summed E-state index contributed by atoms with van der Waals surface area (Å²) in [6.07, 6.45) is 10.3. The van der Waals surface area contributed by atoms with Gasteiger partial charge in [0.2, 0.25) is 0 Å². The number of ether oxygens (including phenoxy) is 1. The van der Waals surface area contributed by atoms with Crippen LogP contribution in [0.2, 0.25) is 5.02 Å². The molecule has 0 saturated heterocycles. The summed E-state index contributed by atoms with van der Waals surface area (Å²) in [5, 5.41) is 9.27. The number of benzene rings is 1. The van der Waals surface area contributed by atoms with Crippen LogP contribution in [0.4, 0.5) is 0 Å². The lowest BCUT2D eigenvalue weighted by molar-refractivity contribution is 0.304. The van der Waals surface area contributed by atoms with Crippen LogP contribution in [0, 0.1) is 11.3 Å². The zero-order valence-corrected chi connectivity index (χ0v) is 13.1. The van der Waals surface area contributed by atoms with Crippen LogP contribution in [0.25, 0.3) is 0 Å². The fourth-order valence-electron chi connectivity index (χ4n) is 2.11. The van der Waals surface area contributed by atoms with Crippen molar-refractivity contribution in [2.45, 2.75) is 58.3 Å². The van der Waals surface area contributed by atoms with E-state index in [0.29, 0.717) is 22.9 Å². The lowest BCUT2D eigenvalue weighted by Crippen LogP contribution is -1.98. The molecule has 110 valence electrons. The highest BCUT2D eigenvalue weighted by Gasteiger charge is 2.02. The average molecular weight is 294 g/mol. The van der Waals surface area contributed by atoms with E-state index in [9.17, 15) is 0 Å². The standard InChI is InChI=1S/C17H24ClNO/c1-2-3-4-5-6-7-8-9-12-20-17-11-10-15(14-19)13-16(17)18/h10-11,13H,2-9,12H2,1H3. The van der Waals surface area contributed by atoms with E-state index < -0.39 is 0 Å². The number of hydrogen-bond donors (Lipinski definition) is 0. The van der Waals surface area contributed by atoms with E-state index in [0.717, 1.165) is 6.42 Å². The van der Waals surface area contributed by atoms with Crippen molar-refractivity contribution >= 4 is 11.6 Å². The van der Waals surface area contributed by atoms with Crippen LogP contribution in [0.5, 0.6) is 5.75 Å². The highest BCUT2D eigenvalue weighted by molar-refractivity contribution is 6.32. The monoisotopic (exact) mass is 293 g/mol. The second kappa shape index (κ2) is 10.6. The van der Waals surface area contributed by atoms with Gasteiger partial charge in [-0.1, -0.05) is 63.5 Å². The predicted molar refractivity (Wildman–Crippen MR) is 84.3 cm³/mol. The molecule has 3 heteroatoms. The minimum Gasteiger partial charge on any atom is -0.492 e. The third-order valence-electron chi connectivity index (χ3n) is 3.32. The second-order valence-corrected chi connectivity index (χ2v) is 5.49. The summed E-state index contributed by atoms with van der Waals surface area (Å²) in [6.45, 7) is 2.94. The molecule has 0 spiro atoms. The topological polar surface area (TPSA) is 33.0 Å². The van der Waals surface area contributed by atoms with Crippen molar-refractivity contribution in [2.75, 3.05) is 6.61 Å². The van der Waals surface area contributed by atoms with Gasteiger partial charge in [0.25, 0.3) is 0 Å². The Morgan fingerprint density at radius 2 is 1.70 bits per heavy atom. The summed E-state index contributed by atoms with van der Waals surface area (Å²) in [7, 11) is 0. The third kappa shape index (κ3) is 6.82. The molecule has 0 aromatic heterocycles. The van der Waals surface area contributed by atoms with Gasteiger partial charge in [-0.15, -0.1) is 0 Å². The van der Waals surface area contributed by atoms with Crippen LogP contribution < -0.4 is 4.74 Å². The molecule has 0 aliphatic heterocycles. The molecule has 0 amide bonds. The Morgan fingerprint density at radius 3 is 2.30 bits per heavy atom. The summed E-state index contributed by atoms with van der Waals surface area (Å²) in [4.78, 5) is 0. The van der Waals surface area contributed by atoms with Crippen molar-refractivity contribution in [1.29, 1.82) is 5.26 Å². The van der Waals surface area contributed by atoms with Gasteiger partial charge in [0.15, 0.2) is 0 Å². The minimum atomic E-state index is 0.517. The predicted octanol–water partition coefficient (Wildman–Crippen LogP) is 5.73. The normalized spacial score (nSPS) is 10.2. The third-order valence-corrected chi connectivity index (χ3v) is 3.61. The maximum absolute atomic E-state index is 8.75. The summed E-state index contributed by atoms with van der Waals surface area (Å²) in [6, 6.07) is 7.20. The molecule has 0 heterocycles.